The summed E-state index contributed by atoms with van der Waals surface area (Å²) in [5.41, 5.74) is 1.35. The average molecular weight is 412 g/mol. The van der Waals surface area contributed by atoms with Crippen LogP contribution in [0.2, 0.25) is 4.34 Å². The topological polar surface area (TPSA) is 72.5 Å². The Hall–Kier alpha value is -1.83. The molecule has 2 aromatic rings. The van der Waals surface area contributed by atoms with Crippen molar-refractivity contribution in [2.45, 2.75) is 19.2 Å². The second-order valence-electron chi connectivity index (χ2n) is 5.39. The molecule has 1 N–H and O–H groups in total. The third kappa shape index (κ3) is 7.19. The first-order valence-corrected chi connectivity index (χ1v) is 10.1. The molecule has 0 saturated heterocycles. The van der Waals surface area contributed by atoms with Crippen molar-refractivity contribution in [3.05, 3.63) is 56.7 Å². The molecular formula is C18H18ClNO4S2. The molecule has 1 amide bonds. The number of halogens is 1. The number of amides is 1. The zero-order valence-corrected chi connectivity index (χ0v) is 16.5. The average Bonchev–Trinajstić information content (AvgIpc) is 3.03. The van der Waals surface area contributed by atoms with E-state index in [4.69, 9.17) is 16.3 Å². The van der Waals surface area contributed by atoms with Gasteiger partial charge in [-0.15, -0.1) is 23.1 Å². The first-order valence-electron chi connectivity index (χ1n) is 7.78. The van der Waals surface area contributed by atoms with Crippen LogP contribution in [0.1, 0.15) is 27.7 Å². The molecule has 26 heavy (non-hydrogen) atoms. The molecule has 0 atom stereocenters. The lowest BCUT2D eigenvalue weighted by molar-refractivity contribution is -0.139. The van der Waals surface area contributed by atoms with Gasteiger partial charge in [0, 0.05) is 29.7 Å². The predicted molar refractivity (Wildman–Crippen MR) is 105 cm³/mol. The molecule has 1 aromatic carbocycles. The van der Waals surface area contributed by atoms with Crippen molar-refractivity contribution < 1.29 is 19.1 Å². The number of carbonyl (C=O) groups is 3. The monoisotopic (exact) mass is 411 g/mol. The predicted octanol–water partition coefficient (Wildman–Crippen LogP) is 3.70. The summed E-state index contributed by atoms with van der Waals surface area (Å²) >= 11 is 8.74. The van der Waals surface area contributed by atoms with Crippen molar-refractivity contribution in [2.75, 3.05) is 12.4 Å². The molecule has 0 aliphatic heterocycles. The van der Waals surface area contributed by atoms with Gasteiger partial charge in [0.2, 0.25) is 5.91 Å². The van der Waals surface area contributed by atoms with Crippen LogP contribution in [0.4, 0.5) is 0 Å². The summed E-state index contributed by atoms with van der Waals surface area (Å²) < 4.78 is 5.74. The van der Waals surface area contributed by atoms with Crippen LogP contribution in [-0.2, 0) is 26.6 Å². The number of thioether (sulfide) groups is 1. The molecular weight excluding hydrogens is 394 g/mol. The largest absolute Gasteiger partial charge is 0.457 e. The first-order chi connectivity index (χ1) is 12.4. The summed E-state index contributed by atoms with van der Waals surface area (Å²) in [6, 6.07) is 10.6. The molecule has 8 heteroatoms. The molecule has 0 aliphatic rings. The second-order valence-corrected chi connectivity index (χ2v) is 8.17. The van der Waals surface area contributed by atoms with Crippen LogP contribution in [0, 0.1) is 0 Å². The summed E-state index contributed by atoms with van der Waals surface area (Å²) in [5.74, 6) is 0.0547. The van der Waals surface area contributed by atoms with Gasteiger partial charge in [0.05, 0.1) is 10.1 Å². The van der Waals surface area contributed by atoms with Gasteiger partial charge in [-0.2, -0.15) is 0 Å². The van der Waals surface area contributed by atoms with E-state index in [-0.39, 0.29) is 24.1 Å². The quantitative estimate of drug-likeness (QED) is 0.503. The summed E-state index contributed by atoms with van der Waals surface area (Å²) in [6.45, 7) is 1.57. The summed E-state index contributed by atoms with van der Waals surface area (Å²) in [7, 11) is 0. The number of ether oxygens (including phenoxy) is 1. The number of carbonyl (C=O) groups excluding carboxylic acids is 3. The Labute approximate surface area is 165 Å². The third-order valence-corrected chi connectivity index (χ3v) is 5.64. The van der Waals surface area contributed by atoms with Gasteiger partial charge in [-0.1, -0.05) is 35.9 Å². The molecule has 0 fully saturated rings. The maximum Gasteiger partial charge on any atom is 0.316 e. The molecule has 0 unspecified atom stereocenters. The fourth-order valence-electron chi connectivity index (χ4n) is 1.97. The van der Waals surface area contributed by atoms with Crippen LogP contribution in [0.25, 0.3) is 0 Å². The minimum absolute atomic E-state index is 0.114. The van der Waals surface area contributed by atoms with E-state index in [1.165, 1.54) is 30.0 Å². The molecule has 2 rings (SSSR count). The molecule has 138 valence electrons. The van der Waals surface area contributed by atoms with E-state index in [0.29, 0.717) is 17.9 Å². The number of hydrogen-bond donors (Lipinski definition) is 1. The van der Waals surface area contributed by atoms with Gasteiger partial charge in [0.1, 0.15) is 0 Å². The molecule has 0 spiro atoms. The molecule has 1 aromatic heterocycles. The van der Waals surface area contributed by atoms with Crippen molar-refractivity contribution >= 4 is 52.4 Å². The number of esters is 1. The van der Waals surface area contributed by atoms with E-state index >= 15 is 0 Å². The van der Waals surface area contributed by atoms with E-state index in [9.17, 15) is 14.4 Å². The number of nitrogens with one attached hydrogen (secondary N) is 1. The Morgan fingerprint density at radius 3 is 2.50 bits per heavy atom. The minimum atomic E-state index is -0.423. The SMILES string of the molecule is CC(=O)NCc1ccc(C(=O)COC(=O)CSCc2ccc(Cl)s2)cc1. The smallest absolute Gasteiger partial charge is 0.316 e. The van der Waals surface area contributed by atoms with Crippen LogP contribution >= 0.6 is 34.7 Å². The highest BCUT2D eigenvalue weighted by atomic mass is 35.5. The van der Waals surface area contributed by atoms with Gasteiger partial charge in [0.15, 0.2) is 12.4 Å². The standard InChI is InChI=1S/C18H18ClNO4S2/c1-12(21)20-8-13-2-4-14(5-3-13)16(22)9-24-18(23)11-25-10-15-6-7-17(19)26-15/h2-7H,8-11H2,1H3,(H,20,21). The fraction of sp³-hybridized carbons (Fsp3) is 0.278. The Balaban J connectivity index is 1.70. The maximum absolute atomic E-state index is 12.1. The number of rotatable bonds is 9. The van der Waals surface area contributed by atoms with Gasteiger partial charge in [-0.25, -0.2) is 0 Å². The van der Waals surface area contributed by atoms with Gasteiger partial charge in [-0.3, -0.25) is 14.4 Å². The van der Waals surface area contributed by atoms with Gasteiger partial charge in [-0.05, 0) is 17.7 Å². The third-order valence-electron chi connectivity index (χ3n) is 3.27. The van der Waals surface area contributed by atoms with E-state index < -0.39 is 5.97 Å². The van der Waals surface area contributed by atoms with Gasteiger partial charge < -0.3 is 10.1 Å². The van der Waals surface area contributed by atoms with Crippen LogP contribution in [0.5, 0.6) is 0 Å². The number of thiophene rings is 1. The zero-order chi connectivity index (χ0) is 18.9. The fourth-order valence-corrected chi connectivity index (χ4v) is 3.99. The number of ketones is 1. The summed E-state index contributed by atoms with van der Waals surface area (Å²) in [5, 5.41) is 2.68. The van der Waals surface area contributed by atoms with Crippen molar-refractivity contribution in [2.24, 2.45) is 0 Å². The molecule has 0 bridgehead atoms. The second kappa shape index (κ2) is 10.4. The highest BCUT2D eigenvalue weighted by molar-refractivity contribution is 7.99. The van der Waals surface area contributed by atoms with Crippen molar-refractivity contribution in [1.29, 1.82) is 0 Å². The number of benzene rings is 1. The minimum Gasteiger partial charge on any atom is -0.457 e. The van der Waals surface area contributed by atoms with Gasteiger partial charge >= 0.3 is 5.97 Å². The first kappa shape index (κ1) is 20.5. The van der Waals surface area contributed by atoms with E-state index in [0.717, 1.165) is 14.8 Å². The van der Waals surface area contributed by atoms with Gasteiger partial charge in [0.25, 0.3) is 0 Å². The molecule has 0 saturated carbocycles. The van der Waals surface area contributed by atoms with Crippen LogP contribution in [0.3, 0.4) is 0 Å². The van der Waals surface area contributed by atoms with Crippen molar-refractivity contribution in [1.82, 2.24) is 5.32 Å². The maximum atomic E-state index is 12.1. The molecule has 0 radical (unpaired) electrons. The lowest BCUT2D eigenvalue weighted by Crippen LogP contribution is -2.19. The summed E-state index contributed by atoms with van der Waals surface area (Å²) in [6.07, 6.45) is 0. The van der Waals surface area contributed by atoms with Crippen LogP contribution in [0.15, 0.2) is 36.4 Å². The van der Waals surface area contributed by atoms with Crippen LogP contribution in [-0.4, -0.2) is 30.0 Å². The Bertz CT molecular complexity index is 774. The lowest BCUT2D eigenvalue weighted by Gasteiger charge is -2.06. The molecule has 5 nitrogen and oxygen atoms in total. The van der Waals surface area contributed by atoms with Crippen molar-refractivity contribution in [3.8, 4) is 0 Å². The Kier molecular flexibility index (Phi) is 8.15. The zero-order valence-electron chi connectivity index (χ0n) is 14.1. The lowest BCUT2D eigenvalue weighted by atomic mass is 10.1. The Morgan fingerprint density at radius 2 is 1.88 bits per heavy atom. The highest BCUT2D eigenvalue weighted by Crippen LogP contribution is 2.25. The molecule has 0 aliphatic carbocycles. The van der Waals surface area contributed by atoms with Crippen LogP contribution < -0.4 is 5.32 Å². The number of Topliss-reactive ketones (excluding diaryl/α,β-unsaturated/α-hetero) is 1. The molecule has 1 heterocycles. The number of hydrogen-bond acceptors (Lipinski definition) is 6. The summed E-state index contributed by atoms with van der Waals surface area (Å²) in [4.78, 5) is 35.7. The Morgan fingerprint density at radius 1 is 1.15 bits per heavy atom. The van der Waals surface area contributed by atoms with E-state index in [1.54, 1.807) is 24.3 Å². The van der Waals surface area contributed by atoms with E-state index in [1.807, 2.05) is 12.1 Å². The van der Waals surface area contributed by atoms with Crippen molar-refractivity contribution in [3.63, 3.8) is 0 Å². The van der Waals surface area contributed by atoms with E-state index in [2.05, 4.69) is 5.32 Å². The normalized spacial score (nSPS) is 10.4. The highest BCUT2D eigenvalue weighted by Gasteiger charge is 2.10.